The highest BCUT2D eigenvalue weighted by Gasteiger charge is 2.18. The molecular formula is C15H23NO. The van der Waals surface area contributed by atoms with Gasteiger partial charge < -0.3 is 9.69 Å². The van der Waals surface area contributed by atoms with Crippen LogP contribution in [0.25, 0.3) is 0 Å². The molecule has 2 nitrogen and oxygen atoms in total. The number of piperidine rings is 1. The summed E-state index contributed by atoms with van der Waals surface area (Å²) in [5.74, 6) is 0.284. The van der Waals surface area contributed by atoms with Crippen molar-refractivity contribution in [3.8, 4) is 0 Å². The number of rotatable bonds is 2. The van der Waals surface area contributed by atoms with E-state index in [0.717, 1.165) is 32.2 Å². The van der Waals surface area contributed by atoms with Gasteiger partial charge in [0.1, 0.15) is 6.29 Å². The van der Waals surface area contributed by atoms with Gasteiger partial charge in [0.15, 0.2) is 0 Å². The SMILES string of the molecule is CC.Cc1ccc(N2CCC(C=O)CC2)cc1. The lowest BCUT2D eigenvalue weighted by atomic mass is 9.98. The number of benzene rings is 1. The summed E-state index contributed by atoms with van der Waals surface area (Å²) in [6, 6.07) is 8.61. The number of hydrogen-bond acceptors (Lipinski definition) is 2. The Labute approximate surface area is 105 Å². The van der Waals surface area contributed by atoms with E-state index in [0.29, 0.717) is 0 Å². The van der Waals surface area contributed by atoms with Crippen LogP contribution in [-0.4, -0.2) is 19.4 Å². The molecule has 0 amide bonds. The fourth-order valence-corrected chi connectivity index (χ4v) is 2.05. The maximum atomic E-state index is 10.6. The quantitative estimate of drug-likeness (QED) is 0.729. The van der Waals surface area contributed by atoms with Crippen molar-refractivity contribution in [2.24, 2.45) is 5.92 Å². The second kappa shape index (κ2) is 7.10. The van der Waals surface area contributed by atoms with Crippen molar-refractivity contribution in [1.82, 2.24) is 0 Å². The minimum absolute atomic E-state index is 0.284. The van der Waals surface area contributed by atoms with Crippen LogP contribution >= 0.6 is 0 Å². The summed E-state index contributed by atoms with van der Waals surface area (Å²) in [5.41, 5.74) is 2.58. The minimum Gasteiger partial charge on any atom is -0.371 e. The molecule has 0 unspecified atom stereocenters. The van der Waals surface area contributed by atoms with Crippen LogP contribution in [0.3, 0.4) is 0 Å². The Morgan fingerprint density at radius 3 is 2.12 bits per heavy atom. The summed E-state index contributed by atoms with van der Waals surface area (Å²) >= 11 is 0. The van der Waals surface area contributed by atoms with Crippen LogP contribution in [0.2, 0.25) is 0 Å². The lowest BCUT2D eigenvalue weighted by molar-refractivity contribution is -0.111. The second-order valence-electron chi connectivity index (χ2n) is 4.30. The first-order valence-electron chi connectivity index (χ1n) is 6.56. The van der Waals surface area contributed by atoms with E-state index in [1.165, 1.54) is 11.3 Å². The highest BCUT2D eigenvalue weighted by molar-refractivity contribution is 5.55. The standard InChI is InChI=1S/C13H17NO.C2H6/c1-11-2-4-13(5-3-11)14-8-6-12(10-15)7-9-14;1-2/h2-5,10,12H,6-9H2,1H3;1-2H3. The molecule has 1 aliphatic heterocycles. The fraction of sp³-hybridized carbons (Fsp3) is 0.533. The zero-order valence-corrected chi connectivity index (χ0v) is 11.1. The van der Waals surface area contributed by atoms with Gasteiger partial charge in [-0.3, -0.25) is 0 Å². The predicted octanol–water partition coefficient (Wildman–Crippen LogP) is 3.44. The first-order valence-corrected chi connectivity index (χ1v) is 6.56. The summed E-state index contributed by atoms with van der Waals surface area (Å²) in [5, 5.41) is 0. The summed E-state index contributed by atoms with van der Waals surface area (Å²) < 4.78 is 0. The molecule has 0 aromatic heterocycles. The van der Waals surface area contributed by atoms with Crippen LogP contribution in [-0.2, 0) is 4.79 Å². The highest BCUT2D eigenvalue weighted by atomic mass is 16.1. The fourth-order valence-electron chi connectivity index (χ4n) is 2.05. The van der Waals surface area contributed by atoms with Gasteiger partial charge in [-0.25, -0.2) is 0 Å². The zero-order valence-electron chi connectivity index (χ0n) is 11.1. The average Bonchev–Trinajstić information content (AvgIpc) is 2.42. The molecule has 0 saturated carbocycles. The van der Waals surface area contributed by atoms with Crippen molar-refractivity contribution < 1.29 is 4.79 Å². The molecule has 94 valence electrons. The first-order chi connectivity index (χ1) is 8.29. The molecule has 1 saturated heterocycles. The van der Waals surface area contributed by atoms with Crippen molar-refractivity contribution in [1.29, 1.82) is 0 Å². The summed E-state index contributed by atoms with van der Waals surface area (Å²) in [7, 11) is 0. The molecule has 1 aromatic rings. The number of aldehydes is 1. The van der Waals surface area contributed by atoms with Gasteiger partial charge in [0.05, 0.1) is 0 Å². The third kappa shape index (κ3) is 3.88. The Morgan fingerprint density at radius 1 is 1.12 bits per heavy atom. The van der Waals surface area contributed by atoms with Gasteiger partial charge in [0.25, 0.3) is 0 Å². The van der Waals surface area contributed by atoms with Crippen molar-refractivity contribution in [3.63, 3.8) is 0 Å². The van der Waals surface area contributed by atoms with Crippen LogP contribution in [0.4, 0.5) is 5.69 Å². The lowest BCUT2D eigenvalue weighted by Gasteiger charge is -2.31. The van der Waals surface area contributed by atoms with Crippen LogP contribution < -0.4 is 4.90 Å². The van der Waals surface area contributed by atoms with Crippen LogP contribution in [0.1, 0.15) is 32.3 Å². The van der Waals surface area contributed by atoms with Crippen LogP contribution in [0.15, 0.2) is 24.3 Å². The van der Waals surface area contributed by atoms with Crippen LogP contribution in [0.5, 0.6) is 0 Å². The van der Waals surface area contributed by atoms with E-state index >= 15 is 0 Å². The minimum atomic E-state index is 0.284. The van der Waals surface area contributed by atoms with E-state index in [9.17, 15) is 4.79 Å². The van der Waals surface area contributed by atoms with Gasteiger partial charge in [-0.2, -0.15) is 0 Å². The third-order valence-electron chi connectivity index (χ3n) is 3.13. The molecule has 2 rings (SSSR count). The van der Waals surface area contributed by atoms with Gasteiger partial charge in [-0.15, -0.1) is 0 Å². The molecule has 0 aliphatic carbocycles. The summed E-state index contributed by atoms with van der Waals surface area (Å²) in [6.07, 6.45) is 3.10. The van der Waals surface area contributed by atoms with E-state index in [-0.39, 0.29) is 5.92 Å². The largest absolute Gasteiger partial charge is 0.371 e. The van der Waals surface area contributed by atoms with Crippen molar-refractivity contribution in [2.45, 2.75) is 33.6 Å². The van der Waals surface area contributed by atoms with Gasteiger partial charge in [-0.1, -0.05) is 31.5 Å². The van der Waals surface area contributed by atoms with E-state index in [1.807, 2.05) is 13.8 Å². The normalized spacial score (nSPS) is 16.1. The second-order valence-corrected chi connectivity index (χ2v) is 4.30. The monoisotopic (exact) mass is 233 g/mol. The molecule has 0 atom stereocenters. The van der Waals surface area contributed by atoms with E-state index in [2.05, 4.69) is 36.1 Å². The molecule has 0 N–H and O–H groups in total. The topological polar surface area (TPSA) is 20.3 Å². The van der Waals surface area contributed by atoms with Gasteiger partial charge >= 0.3 is 0 Å². The molecule has 2 heteroatoms. The summed E-state index contributed by atoms with van der Waals surface area (Å²) in [6.45, 7) is 8.11. The zero-order chi connectivity index (χ0) is 12.7. The number of anilines is 1. The van der Waals surface area contributed by atoms with Gasteiger partial charge in [-0.05, 0) is 31.9 Å². The highest BCUT2D eigenvalue weighted by Crippen LogP contribution is 2.22. The molecule has 1 fully saturated rings. The van der Waals surface area contributed by atoms with Crippen molar-refractivity contribution in [2.75, 3.05) is 18.0 Å². The van der Waals surface area contributed by atoms with Gasteiger partial charge in [0, 0.05) is 24.7 Å². The summed E-state index contributed by atoms with van der Waals surface area (Å²) in [4.78, 5) is 13.0. The number of hydrogen-bond donors (Lipinski definition) is 0. The smallest absolute Gasteiger partial charge is 0.123 e. The Balaban J connectivity index is 0.000000686. The van der Waals surface area contributed by atoms with E-state index < -0.39 is 0 Å². The third-order valence-corrected chi connectivity index (χ3v) is 3.13. The number of aryl methyl sites for hydroxylation is 1. The Hall–Kier alpha value is -1.31. The molecular weight excluding hydrogens is 210 g/mol. The molecule has 1 heterocycles. The number of carbonyl (C=O) groups excluding carboxylic acids is 1. The number of nitrogens with zero attached hydrogens (tertiary/aromatic N) is 1. The first kappa shape index (κ1) is 13.8. The maximum absolute atomic E-state index is 10.6. The van der Waals surface area contributed by atoms with Crippen molar-refractivity contribution >= 4 is 12.0 Å². The molecule has 0 bridgehead atoms. The predicted molar refractivity (Wildman–Crippen MR) is 73.5 cm³/mol. The molecule has 1 aromatic carbocycles. The van der Waals surface area contributed by atoms with E-state index in [1.54, 1.807) is 0 Å². The molecule has 0 radical (unpaired) electrons. The number of carbonyl (C=O) groups is 1. The Morgan fingerprint density at radius 2 is 1.65 bits per heavy atom. The maximum Gasteiger partial charge on any atom is 0.123 e. The van der Waals surface area contributed by atoms with Gasteiger partial charge in [0.2, 0.25) is 0 Å². The molecule has 17 heavy (non-hydrogen) atoms. The van der Waals surface area contributed by atoms with E-state index in [4.69, 9.17) is 0 Å². The average molecular weight is 233 g/mol. The van der Waals surface area contributed by atoms with Crippen LogP contribution in [0, 0.1) is 12.8 Å². The molecule has 1 aliphatic rings. The molecule has 0 spiro atoms. The lowest BCUT2D eigenvalue weighted by Crippen LogP contribution is -2.33. The Bertz CT molecular complexity index is 323. The van der Waals surface area contributed by atoms with Crippen molar-refractivity contribution in [3.05, 3.63) is 29.8 Å². The Kier molecular flexibility index (Phi) is 5.75.